The Morgan fingerprint density at radius 2 is 2.16 bits per heavy atom. The Morgan fingerprint density at radius 3 is 2.84 bits per heavy atom. The normalized spacial score (nSPS) is 18.9. The van der Waals surface area contributed by atoms with Gasteiger partial charge in [0.15, 0.2) is 0 Å². The molecule has 100 valence electrons. The molecule has 4 heteroatoms. The molecule has 1 aliphatic heterocycles. The molecule has 0 bridgehead atoms. The molecule has 1 aliphatic rings. The third kappa shape index (κ3) is 2.90. The van der Waals surface area contributed by atoms with Crippen molar-refractivity contribution < 1.29 is 0 Å². The maximum Gasteiger partial charge on any atom is 0.0672 e. The highest BCUT2D eigenvalue weighted by Crippen LogP contribution is 2.24. The number of nitrogens with zero attached hydrogens (tertiary/aromatic N) is 2. The van der Waals surface area contributed by atoms with Crippen molar-refractivity contribution in [3.63, 3.8) is 0 Å². The summed E-state index contributed by atoms with van der Waals surface area (Å²) in [6, 6.07) is 8.99. The van der Waals surface area contributed by atoms with Crippen LogP contribution in [0, 0.1) is 6.92 Å². The van der Waals surface area contributed by atoms with E-state index in [4.69, 9.17) is 0 Å². The molecule has 2 aromatic rings. The second-order valence-electron chi connectivity index (χ2n) is 5.15. The second kappa shape index (κ2) is 5.47. The van der Waals surface area contributed by atoms with Crippen LogP contribution in [0.25, 0.3) is 11.1 Å². The minimum absolute atomic E-state index is 0.581. The number of hydrogen-bond donors (Lipinski definition) is 1. The minimum Gasteiger partial charge on any atom is -0.312 e. The van der Waals surface area contributed by atoms with Crippen molar-refractivity contribution in [3.8, 4) is 11.1 Å². The van der Waals surface area contributed by atoms with E-state index in [1.807, 2.05) is 0 Å². The van der Waals surface area contributed by atoms with Crippen molar-refractivity contribution in [3.05, 3.63) is 40.6 Å². The molecule has 2 heterocycles. The number of halogens is 1. The van der Waals surface area contributed by atoms with E-state index in [9.17, 15) is 0 Å². The topological polar surface area (TPSA) is 29.9 Å². The van der Waals surface area contributed by atoms with E-state index in [0.29, 0.717) is 6.04 Å². The van der Waals surface area contributed by atoms with Crippen LogP contribution >= 0.6 is 15.9 Å². The zero-order valence-corrected chi connectivity index (χ0v) is 12.7. The molecular formula is C15H18BrN3. The summed E-state index contributed by atoms with van der Waals surface area (Å²) in [5, 5.41) is 8.15. The average Bonchev–Trinajstić information content (AvgIpc) is 3.01. The van der Waals surface area contributed by atoms with Crippen molar-refractivity contribution in [2.24, 2.45) is 0 Å². The summed E-state index contributed by atoms with van der Waals surface area (Å²) in [4.78, 5) is 0. The lowest BCUT2D eigenvalue weighted by atomic mass is 10.1. The molecule has 0 spiro atoms. The highest BCUT2D eigenvalue weighted by molar-refractivity contribution is 9.10. The first kappa shape index (κ1) is 12.9. The predicted molar refractivity (Wildman–Crippen MR) is 81.1 cm³/mol. The number of rotatable bonds is 3. The highest BCUT2D eigenvalue weighted by Gasteiger charge is 2.16. The molecule has 1 atom stereocenters. The molecule has 1 saturated heterocycles. The summed E-state index contributed by atoms with van der Waals surface area (Å²) in [5.74, 6) is 0. The fourth-order valence-electron chi connectivity index (χ4n) is 2.66. The fraction of sp³-hybridized carbons (Fsp3) is 0.400. The maximum atomic E-state index is 4.64. The van der Waals surface area contributed by atoms with Crippen molar-refractivity contribution >= 4 is 15.9 Å². The van der Waals surface area contributed by atoms with Gasteiger partial charge in [-0.25, -0.2) is 0 Å². The molecule has 0 amide bonds. The summed E-state index contributed by atoms with van der Waals surface area (Å²) < 4.78 is 3.19. The molecule has 0 radical (unpaired) electrons. The van der Waals surface area contributed by atoms with Crippen molar-refractivity contribution in [1.82, 2.24) is 15.1 Å². The lowest BCUT2D eigenvalue weighted by Gasteiger charge is -2.09. The van der Waals surface area contributed by atoms with E-state index < -0.39 is 0 Å². The molecule has 1 unspecified atom stereocenters. The van der Waals surface area contributed by atoms with Crippen LogP contribution < -0.4 is 5.32 Å². The lowest BCUT2D eigenvalue weighted by Crippen LogP contribution is -2.26. The molecule has 1 N–H and O–H groups in total. The van der Waals surface area contributed by atoms with Gasteiger partial charge in [0.2, 0.25) is 0 Å². The molecular weight excluding hydrogens is 302 g/mol. The van der Waals surface area contributed by atoms with E-state index in [0.717, 1.165) is 23.3 Å². The molecule has 3 nitrogen and oxygen atoms in total. The van der Waals surface area contributed by atoms with Crippen molar-refractivity contribution in [1.29, 1.82) is 0 Å². The Hall–Kier alpha value is -1.13. The Balaban J connectivity index is 1.82. The van der Waals surface area contributed by atoms with Crippen LogP contribution in [0.5, 0.6) is 0 Å². The number of nitrogens with one attached hydrogen (secondary N) is 1. The maximum absolute atomic E-state index is 4.64. The Labute approximate surface area is 122 Å². The Morgan fingerprint density at radius 1 is 1.37 bits per heavy atom. The minimum atomic E-state index is 0.581. The van der Waals surface area contributed by atoms with Crippen LogP contribution in [0.15, 0.2) is 34.9 Å². The van der Waals surface area contributed by atoms with Crippen molar-refractivity contribution in [2.45, 2.75) is 32.4 Å². The van der Waals surface area contributed by atoms with Gasteiger partial charge < -0.3 is 5.32 Å². The molecule has 1 aromatic carbocycles. The zero-order chi connectivity index (χ0) is 13.2. The summed E-state index contributed by atoms with van der Waals surface area (Å²) in [6.07, 6.45) is 4.70. The van der Waals surface area contributed by atoms with Gasteiger partial charge in [-0.2, -0.15) is 5.10 Å². The first-order valence-electron chi connectivity index (χ1n) is 6.76. The number of hydrogen-bond acceptors (Lipinski definition) is 2. The average molecular weight is 320 g/mol. The lowest BCUT2D eigenvalue weighted by molar-refractivity contribution is 0.474. The Bertz CT molecular complexity index is 553. The van der Waals surface area contributed by atoms with Crippen LogP contribution in [0.1, 0.15) is 18.5 Å². The van der Waals surface area contributed by atoms with Crippen LogP contribution in [0.3, 0.4) is 0 Å². The van der Waals surface area contributed by atoms with Gasteiger partial charge in [-0.05, 0) is 44.0 Å². The monoisotopic (exact) mass is 319 g/mol. The third-order valence-corrected chi connectivity index (χ3v) is 4.20. The number of aryl methyl sites for hydroxylation is 1. The summed E-state index contributed by atoms with van der Waals surface area (Å²) in [6.45, 7) is 4.19. The van der Waals surface area contributed by atoms with Gasteiger partial charge in [0.25, 0.3) is 0 Å². The van der Waals surface area contributed by atoms with Crippen LogP contribution in [-0.2, 0) is 6.54 Å². The number of aromatic nitrogens is 2. The third-order valence-electron chi connectivity index (χ3n) is 3.67. The van der Waals surface area contributed by atoms with E-state index in [-0.39, 0.29) is 0 Å². The second-order valence-corrected chi connectivity index (χ2v) is 6.07. The molecule has 0 saturated carbocycles. The van der Waals surface area contributed by atoms with Gasteiger partial charge in [-0.1, -0.05) is 28.1 Å². The zero-order valence-electron chi connectivity index (χ0n) is 11.1. The van der Waals surface area contributed by atoms with Gasteiger partial charge in [-0.15, -0.1) is 0 Å². The van der Waals surface area contributed by atoms with Gasteiger partial charge in [0.1, 0.15) is 0 Å². The van der Waals surface area contributed by atoms with Crippen LogP contribution in [-0.4, -0.2) is 22.4 Å². The van der Waals surface area contributed by atoms with Gasteiger partial charge in [-0.3, -0.25) is 4.68 Å². The van der Waals surface area contributed by atoms with Gasteiger partial charge in [0, 0.05) is 22.3 Å². The van der Waals surface area contributed by atoms with Crippen LogP contribution in [0.4, 0.5) is 0 Å². The van der Waals surface area contributed by atoms with E-state index in [1.165, 1.54) is 24.0 Å². The summed E-state index contributed by atoms with van der Waals surface area (Å²) >= 11 is 3.47. The predicted octanol–water partition coefficient (Wildman–Crippen LogP) is 3.37. The van der Waals surface area contributed by atoms with E-state index in [2.05, 4.69) is 68.4 Å². The first-order valence-corrected chi connectivity index (χ1v) is 7.55. The fourth-order valence-corrected chi connectivity index (χ4v) is 2.93. The largest absolute Gasteiger partial charge is 0.312 e. The smallest absolute Gasteiger partial charge is 0.0672 e. The quantitative estimate of drug-likeness (QED) is 0.940. The molecule has 1 aromatic heterocycles. The number of benzene rings is 1. The van der Waals surface area contributed by atoms with E-state index >= 15 is 0 Å². The molecule has 19 heavy (non-hydrogen) atoms. The highest BCUT2D eigenvalue weighted by atomic mass is 79.9. The Kier molecular flexibility index (Phi) is 3.71. The molecule has 1 fully saturated rings. The molecule has 3 rings (SSSR count). The van der Waals surface area contributed by atoms with Gasteiger partial charge in [0.05, 0.1) is 12.2 Å². The summed E-state index contributed by atoms with van der Waals surface area (Å²) in [5.41, 5.74) is 3.55. The summed E-state index contributed by atoms with van der Waals surface area (Å²) in [7, 11) is 0. The SMILES string of the molecule is Cc1nn(CC2CCCN2)cc1-c1ccc(Br)cc1. The standard InChI is InChI=1S/C15H18BrN3/c1-11-15(12-4-6-13(16)7-5-12)10-19(18-11)9-14-3-2-8-17-14/h4-7,10,14,17H,2-3,8-9H2,1H3. The van der Waals surface area contributed by atoms with Crippen molar-refractivity contribution in [2.75, 3.05) is 6.54 Å². The van der Waals surface area contributed by atoms with E-state index in [1.54, 1.807) is 0 Å². The first-order chi connectivity index (χ1) is 9.22. The van der Waals surface area contributed by atoms with Gasteiger partial charge >= 0.3 is 0 Å². The molecule has 0 aliphatic carbocycles. The van der Waals surface area contributed by atoms with Crippen LogP contribution in [0.2, 0.25) is 0 Å².